The van der Waals surface area contributed by atoms with Crippen molar-refractivity contribution in [3.8, 4) is 0 Å². The van der Waals surface area contributed by atoms with Gasteiger partial charge < -0.3 is 15.1 Å². The summed E-state index contributed by atoms with van der Waals surface area (Å²) in [5.41, 5.74) is -0.00862. The van der Waals surface area contributed by atoms with Crippen LogP contribution in [0.2, 0.25) is 0 Å². The Hall–Kier alpha value is -1.89. The highest BCUT2D eigenvalue weighted by Gasteiger charge is 2.29. The minimum Gasteiger partial charge on any atom is -0.478 e. The number of carbonyl (C=O) groups is 3. The number of benzene rings is 1. The molecule has 1 aromatic rings. The van der Waals surface area contributed by atoms with Crippen LogP contribution in [0, 0.1) is 0 Å². The topological polar surface area (TPSA) is 94.9 Å². The molecule has 1 aromatic carbocycles. The normalized spacial score (nSPS) is 18.7. The summed E-state index contributed by atoms with van der Waals surface area (Å²) in [6.07, 6.45) is 0.305. The molecule has 0 radical (unpaired) electrons. The second-order valence-electron chi connectivity index (χ2n) is 4.18. The van der Waals surface area contributed by atoms with Crippen molar-refractivity contribution in [2.24, 2.45) is 0 Å². The van der Waals surface area contributed by atoms with Gasteiger partial charge in [-0.15, -0.1) is 0 Å². The number of nitrogens with zero attached hydrogens (tertiary/aromatic N) is 1. The van der Waals surface area contributed by atoms with Crippen molar-refractivity contribution >= 4 is 39.5 Å². The highest BCUT2D eigenvalue weighted by Crippen LogP contribution is 2.27. The molecular formula is C12H10BrNO5. The molecule has 0 saturated carbocycles. The number of amides is 1. The van der Waals surface area contributed by atoms with Crippen LogP contribution in [0.4, 0.5) is 5.69 Å². The predicted molar refractivity (Wildman–Crippen MR) is 70.0 cm³/mol. The Labute approximate surface area is 116 Å². The first kappa shape index (κ1) is 13.5. The monoisotopic (exact) mass is 327 g/mol. The van der Waals surface area contributed by atoms with Crippen LogP contribution < -0.4 is 4.90 Å². The largest absolute Gasteiger partial charge is 0.478 e. The maximum Gasteiger partial charge on any atom is 0.335 e. The molecule has 0 aliphatic carbocycles. The van der Waals surface area contributed by atoms with Gasteiger partial charge in [0.15, 0.2) is 0 Å². The van der Waals surface area contributed by atoms with E-state index >= 15 is 0 Å². The number of hydrogen-bond acceptors (Lipinski definition) is 3. The molecule has 1 unspecified atom stereocenters. The summed E-state index contributed by atoms with van der Waals surface area (Å²) in [4.78, 5) is 35.1. The molecule has 1 aliphatic heterocycles. The van der Waals surface area contributed by atoms with E-state index < -0.39 is 11.9 Å². The van der Waals surface area contributed by atoms with Gasteiger partial charge in [0.2, 0.25) is 5.91 Å². The van der Waals surface area contributed by atoms with Crippen molar-refractivity contribution < 1.29 is 24.6 Å². The van der Waals surface area contributed by atoms with E-state index in [0.717, 1.165) is 6.07 Å². The summed E-state index contributed by atoms with van der Waals surface area (Å²) in [6, 6.07) is 3.68. The van der Waals surface area contributed by atoms with Crippen LogP contribution in [0.5, 0.6) is 0 Å². The second-order valence-corrected chi connectivity index (χ2v) is 5.48. The van der Waals surface area contributed by atoms with Crippen molar-refractivity contribution in [2.75, 3.05) is 11.4 Å². The molecule has 19 heavy (non-hydrogen) atoms. The standard InChI is InChI=1S/C12H10BrNO5/c13-8-4-10(15)14(5-8)9-2-6(11(16)17)1-7(3-9)12(18)19/h1-3,8H,4-5H2,(H,16,17)(H,18,19). The van der Waals surface area contributed by atoms with Gasteiger partial charge in [0.05, 0.1) is 11.1 Å². The molecule has 1 aliphatic rings. The summed E-state index contributed by atoms with van der Waals surface area (Å²) in [5, 5.41) is 17.9. The van der Waals surface area contributed by atoms with Gasteiger partial charge in [-0.05, 0) is 18.2 Å². The van der Waals surface area contributed by atoms with E-state index in [9.17, 15) is 14.4 Å². The van der Waals surface area contributed by atoms with Crippen molar-refractivity contribution in [3.05, 3.63) is 29.3 Å². The third kappa shape index (κ3) is 2.76. The predicted octanol–water partition coefficient (Wildman–Crippen LogP) is 1.58. The summed E-state index contributed by atoms with van der Waals surface area (Å²) in [5.74, 6) is -2.63. The van der Waals surface area contributed by atoms with Crippen LogP contribution in [0.25, 0.3) is 0 Å². The number of carbonyl (C=O) groups excluding carboxylic acids is 1. The maximum atomic E-state index is 11.7. The number of hydrogen-bond donors (Lipinski definition) is 2. The minimum absolute atomic E-state index is 0.0123. The van der Waals surface area contributed by atoms with E-state index in [1.165, 1.54) is 17.0 Å². The Morgan fingerprint density at radius 2 is 1.68 bits per heavy atom. The third-order valence-corrected chi connectivity index (χ3v) is 3.41. The zero-order valence-corrected chi connectivity index (χ0v) is 11.3. The molecular weight excluding hydrogens is 318 g/mol. The molecule has 1 saturated heterocycles. The molecule has 0 spiro atoms. The van der Waals surface area contributed by atoms with Gasteiger partial charge in [-0.1, -0.05) is 15.9 Å². The lowest BCUT2D eigenvalue weighted by Crippen LogP contribution is -2.25. The van der Waals surface area contributed by atoms with E-state index in [2.05, 4.69) is 15.9 Å². The zero-order chi connectivity index (χ0) is 14.2. The Balaban J connectivity index is 2.48. The molecule has 1 amide bonds. The number of carboxylic acid groups (broad SMARTS) is 2. The molecule has 2 N–H and O–H groups in total. The lowest BCUT2D eigenvalue weighted by atomic mass is 10.1. The fraction of sp³-hybridized carbons (Fsp3) is 0.250. The third-order valence-electron chi connectivity index (χ3n) is 2.80. The molecule has 7 heteroatoms. The second kappa shape index (κ2) is 5.00. The summed E-state index contributed by atoms with van der Waals surface area (Å²) in [6.45, 7) is 0.390. The first-order valence-corrected chi connectivity index (χ1v) is 6.36. The zero-order valence-electron chi connectivity index (χ0n) is 9.67. The first-order chi connectivity index (χ1) is 8.88. The number of aromatic carboxylic acids is 2. The van der Waals surface area contributed by atoms with E-state index in [0.29, 0.717) is 18.7 Å². The van der Waals surface area contributed by atoms with Gasteiger partial charge in [0.25, 0.3) is 0 Å². The van der Waals surface area contributed by atoms with Crippen molar-refractivity contribution in [2.45, 2.75) is 11.2 Å². The Kier molecular flexibility index (Phi) is 3.57. The summed E-state index contributed by atoms with van der Waals surface area (Å²) >= 11 is 3.32. The SMILES string of the molecule is O=C(O)c1cc(C(=O)O)cc(N2CC(Br)CC2=O)c1. The fourth-order valence-electron chi connectivity index (χ4n) is 1.93. The number of halogens is 1. The van der Waals surface area contributed by atoms with Gasteiger partial charge in [0, 0.05) is 23.5 Å². The van der Waals surface area contributed by atoms with Gasteiger partial charge in [-0.2, -0.15) is 0 Å². The summed E-state index contributed by atoms with van der Waals surface area (Å²) < 4.78 is 0. The van der Waals surface area contributed by atoms with Gasteiger partial charge >= 0.3 is 11.9 Å². The first-order valence-electron chi connectivity index (χ1n) is 5.44. The van der Waals surface area contributed by atoms with E-state index in [-0.39, 0.29) is 21.9 Å². The molecule has 0 aromatic heterocycles. The number of rotatable bonds is 3. The van der Waals surface area contributed by atoms with Crippen LogP contribution >= 0.6 is 15.9 Å². The maximum absolute atomic E-state index is 11.7. The number of anilines is 1. The lowest BCUT2D eigenvalue weighted by molar-refractivity contribution is -0.117. The van der Waals surface area contributed by atoms with Gasteiger partial charge in [-0.3, -0.25) is 4.79 Å². The van der Waals surface area contributed by atoms with E-state index in [1.807, 2.05) is 0 Å². The Bertz CT molecular complexity index is 539. The molecule has 6 nitrogen and oxygen atoms in total. The van der Waals surface area contributed by atoms with Gasteiger partial charge in [0.1, 0.15) is 0 Å². The lowest BCUT2D eigenvalue weighted by Gasteiger charge is -2.17. The fourth-order valence-corrected chi connectivity index (χ4v) is 2.49. The Morgan fingerprint density at radius 3 is 2.05 bits per heavy atom. The average Bonchev–Trinajstić information content (AvgIpc) is 2.67. The van der Waals surface area contributed by atoms with Crippen LogP contribution in [-0.2, 0) is 4.79 Å². The van der Waals surface area contributed by atoms with Crippen molar-refractivity contribution in [3.63, 3.8) is 0 Å². The average molecular weight is 328 g/mol. The van der Waals surface area contributed by atoms with Crippen LogP contribution in [0.1, 0.15) is 27.1 Å². The molecule has 1 atom stereocenters. The van der Waals surface area contributed by atoms with Crippen LogP contribution in [0.15, 0.2) is 18.2 Å². The number of alkyl halides is 1. The van der Waals surface area contributed by atoms with Crippen LogP contribution in [-0.4, -0.2) is 39.4 Å². The highest BCUT2D eigenvalue weighted by atomic mass is 79.9. The molecule has 2 rings (SSSR count). The summed E-state index contributed by atoms with van der Waals surface area (Å²) in [7, 11) is 0. The van der Waals surface area contributed by atoms with E-state index in [1.54, 1.807) is 0 Å². The van der Waals surface area contributed by atoms with Crippen LogP contribution in [0.3, 0.4) is 0 Å². The smallest absolute Gasteiger partial charge is 0.335 e. The molecule has 1 fully saturated rings. The highest BCUT2D eigenvalue weighted by molar-refractivity contribution is 9.09. The van der Waals surface area contributed by atoms with Gasteiger partial charge in [-0.25, -0.2) is 9.59 Å². The minimum atomic E-state index is -1.23. The van der Waals surface area contributed by atoms with Crippen molar-refractivity contribution in [1.82, 2.24) is 0 Å². The molecule has 1 heterocycles. The molecule has 0 bridgehead atoms. The molecule has 100 valence electrons. The van der Waals surface area contributed by atoms with E-state index in [4.69, 9.17) is 10.2 Å². The Morgan fingerprint density at radius 1 is 1.16 bits per heavy atom. The quantitative estimate of drug-likeness (QED) is 0.822. The van der Waals surface area contributed by atoms with Crippen molar-refractivity contribution in [1.29, 1.82) is 0 Å². The number of carboxylic acids is 2.